The van der Waals surface area contributed by atoms with Gasteiger partial charge in [0, 0.05) is 18.5 Å². The van der Waals surface area contributed by atoms with Gasteiger partial charge in [-0.1, -0.05) is 42.5 Å². The van der Waals surface area contributed by atoms with Crippen molar-refractivity contribution in [1.29, 1.82) is 0 Å². The van der Waals surface area contributed by atoms with Gasteiger partial charge in [0.2, 0.25) is 0 Å². The number of nitrogen functional groups attached to an aromatic ring is 1. The number of epoxide rings is 1. The zero-order valence-corrected chi connectivity index (χ0v) is 20.1. The van der Waals surface area contributed by atoms with E-state index in [-0.39, 0.29) is 18.4 Å². The molecule has 2 aliphatic heterocycles. The number of nitrogens with two attached hydrogens (primary N) is 2. The van der Waals surface area contributed by atoms with E-state index in [1.165, 1.54) is 0 Å². The molecule has 11 nitrogen and oxygen atoms in total. The smallest absolute Gasteiger partial charge is 0.407 e. The molecule has 0 bridgehead atoms. The maximum Gasteiger partial charge on any atom is 0.407 e. The normalized spacial score (nSPS) is 22.7. The third kappa shape index (κ3) is 5.39. The summed E-state index contributed by atoms with van der Waals surface area (Å²) in [5.74, 6) is 0.207. The number of likely N-dealkylation sites (tertiary alicyclic amines) is 1. The van der Waals surface area contributed by atoms with E-state index in [4.69, 9.17) is 30.7 Å². The van der Waals surface area contributed by atoms with Gasteiger partial charge in [-0.15, -0.1) is 0 Å². The minimum Gasteiger partial charge on any atom is -0.451 e. The van der Waals surface area contributed by atoms with Crippen molar-refractivity contribution < 1.29 is 33.7 Å². The molecule has 0 unspecified atom stereocenters. The van der Waals surface area contributed by atoms with Crippen molar-refractivity contribution in [3.8, 4) is 5.75 Å². The SMILES string of the molecule is C[C@@H](CN1CCC([C@@](ON)(Oc2ccccc2N)[C@]2(O)OC2=O)CC1)NC(=O)OCc1ccccc1. The molecule has 0 saturated carbocycles. The number of carbonyl (C=O) groups excluding carboxylic acids is 2. The minimum atomic E-state index is -2.33. The Kier molecular flexibility index (Phi) is 7.65. The monoisotopic (exact) mass is 500 g/mol. The van der Waals surface area contributed by atoms with Crippen molar-refractivity contribution in [1.82, 2.24) is 10.2 Å². The number of anilines is 1. The number of hydrogen-bond acceptors (Lipinski definition) is 10. The third-order valence-electron chi connectivity index (χ3n) is 6.54. The second-order valence-electron chi connectivity index (χ2n) is 9.14. The quantitative estimate of drug-likeness (QED) is 0.163. The van der Waals surface area contributed by atoms with Gasteiger partial charge in [-0.25, -0.2) is 20.3 Å². The van der Waals surface area contributed by atoms with Crippen LogP contribution in [0.1, 0.15) is 25.3 Å². The summed E-state index contributed by atoms with van der Waals surface area (Å²) in [5.41, 5.74) is 7.21. The largest absolute Gasteiger partial charge is 0.451 e. The average Bonchev–Trinajstić information content (AvgIpc) is 3.50. The number of alkyl carbamates (subject to hydrolysis) is 1. The molecular weight excluding hydrogens is 468 g/mol. The second-order valence-corrected chi connectivity index (χ2v) is 9.14. The van der Waals surface area contributed by atoms with E-state index in [0.717, 1.165) is 5.56 Å². The van der Waals surface area contributed by atoms with E-state index in [2.05, 4.69) is 10.2 Å². The van der Waals surface area contributed by atoms with E-state index in [9.17, 15) is 14.7 Å². The number of nitrogens with one attached hydrogen (secondary N) is 1. The van der Waals surface area contributed by atoms with Crippen LogP contribution >= 0.6 is 0 Å². The number of benzene rings is 2. The first-order chi connectivity index (χ1) is 17.3. The Morgan fingerprint density at radius 2 is 1.86 bits per heavy atom. The van der Waals surface area contributed by atoms with Gasteiger partial charge in [-0.3, -0.25) is 0 Å². The summed E-state index contributed by atoms with van der Waals surface area (Å²) in [5, 5.41) is 13.7. The number of hydrogen-bond donors (Lipinski definition) is 4. The van der Waals surface area contributed by atoms with Crippen molar-refractivity contribution >= 4 is 17.7 Å². The fourth-order valence-electron chi connectivity index (χ4n) is 4.58. The summed E-state index contributed by atoms with van der Waals surface area (Å²) in [6.45, 7) is 3.83. The molecule has 2 aromatic carbocycles. The van der Waals surface area contributed by atoms with Crippen molar-refractivity contribution in [2.75, 3.05) is 25.4 Å². The Morgan fingerprint density at radius 1 is 1.22 bits per heavy atom. The van der Waals surface area contributed by atoms with E-state index in [1.54, 1.807) is 24.3 Å². The van der Waals surface area contributed by atoms with Crippen LogP contribution in [0, 0.1) is 5.92 Å². The maximum atomic E-state index is 12.2. The van der Waals surface area contributed by atoms with Crippen LogP contribution in [0.2, 0.25) is 0 Å². The summed E-state index contributed by atoms with van der Waals surface area (Å²) in [6.07, 6.45) is 0.472. The molecule has 2 saturated heterocycles. The molecule has 6 N–H and O–H groups in total. The van der Waals surface area contributed by atoms with Crippen LogP contribution in [0.5, 0.6) is 5.75 Å². The Hall–Kier alpha value is -3.38. The Balaban J connectivity index is 1.33. The molecule has 0 spiro atoms. The molecule has 36 heavy (non-hydrogen) atoms. The van der Waals surface area contributed by atoms with Gasteiger partial charge in [0.05, 0.1) is 5.69 Å². The fraction of sp³-hybridized carbons (Fsp3) is 0.440. The first-order valence-electron chi connectivity index (χ1n) is 11.8. The predicted molar refractivity (Wildman–Crippen MR) is 129 cm³/mol. The first kappa shape index (κ1) is 25.7. The molecule has 0 aliphatic carbocycles. The molecule has 0 aromatic heterocycles. The molecule has 4 rings (SSSR count). The number of ether oxygens (including phenoxy) is 3. The minimum absolute atomic E-state index is 0.168. The number of carbonyl (C=O) groups is 2. The van der Waals surface area contributed by atoms with Crippen LogP contribution in [0.25, 0.3) is 0 Å². The molecule has 11 heteroatoms. The van der Waals surface area contributed by atoms with Gasteiger partial charge >= 0.3 is 23.6 Å². The van der Waals surface area contributed by atoms with Crippen LogP contribution in [0.15, 0.2) is 54.6 Å². The summed E-state index contributed by atoms with van der Waals surface area (Å²) in [4.78, 5) is 31.5. The Bertz CT molecular complexity index is 1060. The summed E-state index contributed by atoms with van der Waals surface area (Å²) >= 11 is 0. The van der Waals surface area contributed by atoms with E-state index < -0.39 is 29.6 Å². The van der Waals surface area contributed by atoms with Crippen molar-refractivity contribution in [2.24, 2.45) is 11.8 Å². The number of nitrogens with zero attached hydrogens (tertiary/aromatic N) is 1. The molecule has 2 heterocycles. The van der Waals surface area contributed by atoms with Gasteiger partial charge in [-0.05, 0) is 50.6 Å². The zero-order chi connectivity index (χ0) is 25.8. The Morgan fingerprint density at radius 3 is 2.47 bits per heavy atom. The van der Waals surface area contributed by atoms with Crippen LogP contribution < -0.4 is 21.7 Å². The topological polar surface area (TPSA) is 162 Å². The summed E-state index contributed by atoms with van der Waals surface area (Å²) < 4.78 is 16.2. The molecule has 3 atom stereocenters. The summed E-state index contributed by atoms with van der Waals surface area (Å²) in [7, 11) is 0. The zero-order valence-electron chi connectivity index (χ0n) is 20.1. The standard InChI is InChI=1S/C25H32N4O7/c1-17(28-23(31)33-16-18-7-3-2-4-8-18)15-29-13-11-19(12-14-29)25(36-27,24(32)22(30)35-24)34-21-10-6-5-9-20(21)26/h2-10,17,19,32H,11-16,26-27H2,1H3,(H,28,31)/t17-,24+,25-/m0/s1. The summed E-state index contributed by atoms with van der Waals surface area (Å²) in [6, 6.07) is 15.9. The lowest BCUT2D eigenvalue weighted by atomic mass is 9.84. The third-order valence-corrected chi connectivity index (χ3v) is 6.54. The van der Waals surface area contributed by atoms with Gasteiger partial charge in [0.25, 0.3) is 0 Å². The number of cyclic esters (lactones) is 1. The van der Waals surface area contributed by atoms with Crippen molar-refractivity contribution in [3.63, 3.8) is 0 Å². The van der Waals surface area contributed by atoms with Gasteiger partial charge < -0.3 is 35.3 Å². The van der Waals surface area contributed by atoms with Crippen molar-refractivity contribution in [3.05, 3.63) is 60.2 Å². The van der Waals surface area contributed by atoms with E-state index >= 15 is 0 Å². The molecule has 1 amide bonds. The van der Waals surface area contributed by atoms with E-state index in [1.807, 2.05) is 37.3 Å². The van der Waals surface area contributed by atoms with Crippen LogP contribution in [0.4, 0.5) is 10.5 Å². The molecule has 194 valence electrons. The number of para-hydroxylation sites is 2. The second kappa shape index (κ2) is 10.7. The predicted octanol–water partition coefficient (Wildman–Crippen LogP) is 1.51. The lowest BCUT2D eigenvalue weighted by molar-refractivity contribution is -0.311. The van der Waals surface area contributed by atoms with Crippen LogP contribution in [0.3, 0.4) is 0 Å². The van der Waals surface area contributed by atoms with Crippen molar-refractivity contribution in [2.45, 2.75) is 44.0 Å². The molecular formula is C25H32N4O7. The number of amides is 1. The van der Waals surface area contributed by atoms with Gasteiger partial charge in [0.15, 0.2) is 0 Å². The van der Waals surface area contributed by atoms with E-state index in [0.29, 0.717) is 38.2 Å². The maximum absolute atomic E-state index is 12.2. The highest BCUT2D eigenvalue weighted by Crippen LogP contribution is 2.48. The highest BCUT2D eigenvalue weighted by molar-refractivity contribution is 5.92. The average molecular weight is 501 g/mol. The molecule has 2 aromatic rings. The van der Waals surface area contributed by atoms with Crippen LogP contribution in [-0.2, 0) is 25.7 Å². The van der Waals surface area contributed by atoms with Gasteiger partial charge in [-0.2, -0.15) is 0 Å². The lowest BCUT2D eigenvalue weighted by Crippen LogP contribution is -2.62. The Labute approximate surface area is 209 Å². The number of rotatable bonds is 10. The first-order valence-corrected chi connectivity index (χ1v) is 11.8. The highest BCUT2D eigenvalue weighted by Gasteiger charge is 2.78. The molecule has 2 fully saturated rings. The lowest BCUT2D eigenvalue weighted by Gasteiger charge is -2.43. The number of aliphatic hydroxyl groups is 1. The van der Waals surface area contributed by atoms with Crippen LogP contribution in [-0.4, -0.2) is 59.3 Å². The number of piperidine rings is 1. The molecule has 0 radical (unpaired) electrons. The van der Waals surface area contributed by atoms with Gasteiger partial charge in [0.1, 0.15) is 12.4 Å². The highest BCUT2D eigenvalue weighted by atomic mass is 16.9. The fourth-order valence-corrected chi connectivity index (χ4v) is 4.58. The molecule has 2 aliphatic rings.